The highest BCUT2D eigenvalue weighted by Gasteiger charge is 2.33. The standard InChI is InChI=1S/C13H19F3N2O/c1-19-9-10(5-4-8-17)18-12-7-3-2-6-11(12)13(14,15)16/h2-3,6-7,10,18H,4-5,8-9,17H2,1H3. The molecule has 0 saturated heterocycles. The number of methoxy groups -OCH3 is 1. The third kappa shape index (κ3) is 5.08. The molecule has 0 heterocycles. The summed E-state index contributed by atoms with van der Waals surface area (Å²) in [6, 6.07) is 5.25. The third-order valence-electron chi connectivity index (χ3n) is 2.72. The van der Waals surface area contributed by atoms with Crippen molar-refractivity contribution in [3.8, 4) is 0 Å². The summed E-state index contributed by atoms with van der Waals surface area (Å²) in [4.78, 5) is 0. The van der Waals surface area contributed by atoms with E-state index in [1.54, 1.807) is 6.07 Å². The molecule has 0 aliphatic heterocycles. The third-order valence-corrected chi connectivity index (χ3v) is 2.72. The zero-order valence-electron chi connectivity index (χ0n) is 10.8. The van der Waals surface area contributed by atoms with Gasteiger partial charge in [0.15, 0.2) is 0 Å². The Labute approximate surface area is 110 Å². The molecule has 1 rings (SSSR count). The number of rotatable bonds is 7. The fraction of sp³-hybridized carbons (Fsp3) is 0.538. The van der Waals surface area contributed by atoms with Crippen LogP contribution in [0.5, 0.6) is 0 Å². The maximum Gasteiger partial charge on any atom is 0.418 e. The Kier molecular flexibility index (Phi) is 6.11. The van der Waals surface area contributed by atoms with E-state index in [0.717, 1.165) is 12.5 Å². The van der Waals surface area contributed by atoms with Crippen LogP contribution < -0.4 is 11.1 Å². The maximum atomic E-state index is 12.8. The molecule has 1 atom stereocenters. The van der Waals surface area contributed by atoms with E-state index in [0.29, 0.717) is 19.6 Å². The van der Waals surface area contributed by atoms with Crippen LogP contribution in [0, 0.1) is 0 Å². The van der Waals surface area contributed by atoms with E-state index in [1.807, 2.05) is 0 Å². The van der Waals surface area contributed by atoms with Crippen molar-refractivity contribution in [2.75, 3.05) is 25.6 Å². The Balaban J connectivity index is 2.83. The predicted octanol–water partition coefficient (Wildman–Crippen LogP) is 2.87. The summed E-state index contributed by atoms with van der Waals surface area (Å²) in [5.74, 6) is 0. The second-order valence-electron chi connectivity index (χ2n) is 4.27. The van der Waals surface area contributed by atoms with Crippen molar-refractivity contribution in [2.45, 2.75) is 25.1 Å². The van der Waals surface area contributed by atoms with Crippen molar-refractivity contribution in [2.24, 2.45) is 5.73 Å². The van der Waals surface area contributed by atoms with Gasteiger partial charge < -0.3 is 15.8 Å². The molecule has 6 heteroatoms. The lowest BCUT2D eigenvalue weighted by Gasteiger charge is -2.21. The molecule has 3 nitrogen and oxygen atoms in total. The van der Waals surface area contributed by atoms with E-state index >= 15 is 0 Å². The molecule has 0 aliphatic rings. The van der Waals surface area contributed by atoms with Crippen LogP contribution in [-0.4, -0.2) is 26.3 Å². The maximum absolute atomic E-state index is 12.8. The number of para-hydroxylation sites is 1. The van der Waals surface area contributed by atoms with Crippen LogP contribution in [0.1, 0.15) is 18.4 Å². The van der Waals surface area contributed by atoms with Gasteiger partial charge in [0.05, 0.1) is 12.2 Å². The lowest BCUT2D eigenvalue weighted by molar-refractivity contribution is -0.137. The molecule has 0 bridgehead atoms. The Morgan fingerprint density at radius 3 is 2.58 bits per heavy atom. The summed E-state index contributed by atoms with van der Waals surface area (Å²) < 4.78 is 43.6. The first-order chi connectivity index (χ1) is 8.99. The predicted molar refractivity (Wildman–Crippen MR) is 69.0 cm³/mol. The zero-order chi connectivity index (χ0) is 14.3. The van der Waals surface area contributed by atoms with E-state index < -0.39 is 11.7 Å². The summed E-state index contributed by atoms with van der Waals surface area (Å²) >= 11 is 0. The lowest BCUT2D eigenvalue weighted by Crippen LogP contribution is -2.27. The molecule has 0 saturated carbocycles. The SMILES string of the molecule is COCC(CCCN)Nc1ccccc1C(F)(F)F. The molecule has 1 aromatic rings. The van der Waals surface area contributed by atoms with Crippen molar-refractivity contribution in [3.63, 3.8) is 0 Å². The minimum absolute atomic E-state index is 0.0778. The molecule has 19 heavy (non-hydrogen) atoms. The van der Waals surface area contributed by atoms with Gasteiger partial charge in [-0.3, -0.25) is 0 Å². The summed E-state index contributed by atoms with van der Waals surface area (Å²) in [5.41, 5.74) is 4.83. The van der Waals surface area contributed by atoms with Gasteiger partial charge in [0.25, 0.3) is 0 Å². The quantitative estimate of drug-likeness (QED) is 0.805. The van der Waals surface area contributed by atoms with Gasteiger partial charge in [-0.1, -0.05) is 12.1 Å². The van der Waals surface area contributed by atoms with Crippen molar-refractivity contribution < 1.29 is 17.9 Å². The molecule has 0 amide bonds. The number of benzene rings is 1. The summed E-state index contributed by atoms with van der Waals surface area (Å²) in [7, 11) is 1.52. The number of nitrogens with two attached hydrogens (primary N) is 1. The van der Waals surface area contributed by atoms with E-state index in [2.05, 4.69) is 5.32 Å². The van der Waals surface area contributed by atoms with Gasteiger partial charge in [0.2, 0.25) is 0 Å². The number of hydrogen-bond acceptors (Lipinski definition) is 3. The number of alkyl halides is 3. The fourth-order valence-electron chi connectivity index (χ4n) is 1.84. The topological polar surface area (TPSA) is 47.3 Å². The molecular weight excluding hydrogens is 257 g/mol. The smallest absolute Gasteiger partial charge is 0.383 e. The highest BCUT2D eigenvalue weighted by Crippen LogP contribution is 2.34. The normalized spacial score (nSPS) is 13.3. The van der Waals surface area contributed by atoms with Crippen molar-refractivity contribution in [3.05, 3.63) is 29.8 Å². The highest BCUT2D eigenvalue weighted by molar-refractivity contribution is 5.53. The molecule has 0 spiro atoms. The minimum Gasteiger partial charge on any atom is -0.383 e. The van der Waals surface area contributed by atoms with Gasteiger partial charge in [0.1, 0.15) is 0 Å². The molecule has 0 fully saturated rings. The van der Waals surface area contributed by atoms with Gasteiger partial charge in [0, 0.05) is 18.8 Å². The molecule has 3 N–H and O–H groups in total. The van der Waals surface area contributed by atoms with E-state index in [4.69, 9.17) is 10.5 Å². The molecule has 1 unspecified atom stereocenters. The van der Waals surface area contributed by atoms with E-state index in [1.165, 1.54) is 19.2 Å². The van der Waals surface area contributed by atoms with Crippen LogP contribution in [0.25, 0.3) is 0 Å². The molecule has 0 aromatic heterocycles. The first-order valence-electron chi connectivity index (χ1n) is 6.10. The van der Waals surface area contributed by atoms with E-state index in [-0.39, 0.29) is 11.7 Å². The molecular formula is C13H19F3N2O. The second-order valence-corrected chi connectivity index (χ2v) is 4.27. The summed E-state index contributed by atoms with van der Waals surface area (Å²) in [5, 5.41) is 2.89. The van der Waals surface area contributed by atoms with Crippen molar-refractivity contribution >= 4 is 5.69 Å². The highest BCUT2D eigenvalue weighted by atomic mass is 19.4. The minimum atomic E-state index is -4.37. The van der Waals surface area contributed by atoms with Gasteiger partial charge in [-0.25, -0.2) is 0 Å². The number of halogens is 3. The largest absolute Gasteiger partial charge is 0.418 e. The Morgan fingerprint density at radius 1 is 1.32 bits per heavy atom. The Morgan fingerprint density at radius 2 is 2.00 bits per heavy atom. The van der Waals surface area contributed by atoms with Crippen LogP contribution >= 0.6 is 0 Å². The number of ether oxygens (including phenoxy) is 1. The molecule has 0 radical (unpaired) electrons. The van der Waals surface area contributed by atoms with Crippen LogP contribution in [0.4, 0.5) is 18.9 Å². The van der Waals surface area contributed by atoms with E-state index in [9.17, 15) is 13.2 Å². The lowest BCUT2D eigenvalue weighted by atomic mass is 10.1. The molecule has 108 valence electrons. The number of hydrogen-bond donors (Lipinski definition) is 2. The van der Waals surface area contributed by atoms with Crippen LogP contribution in [0.3, 0.4) is 0 Å². The summed E-state index contributed by atoms with van der Waals surface area (Å²) in [6.07, 6.45) is -2.97. The first kappa shape index (κ1) is 15.8. The van der Waals surface area contributed by atoms with Gasteiger partial charge in [-0.05, 0) is 31.5 Å². The van der Waals surface area contributed by atoms with Gasteiger partial charge >= 0.3 is 6.18 Å². The van der Waals surface area contributed by atoms with Crippen LogP contribution in [-0.2, 0) is 10.9 Å². The van der Waals surface area contributed by atoms with Gasteiger partial charge in [-0.2, -0.15) is 13.2 Å². The van der Waals surface area contributed by atoms with Crippen molar-refractivity contribution in [1.82, 2.24) is 0 Å². The Hall–Kier alpha value is -1.27. The average molecular weight is 276 g/mol. The first-order valence-corrected chi connectivity index (χ1v) is 6.10. The molecule has 0 aliphatic carbocycles. The second kappa shape index (κ2) is 7.35. The molecule has 1 aromatic carbocycles. The number of anilines is 1. The van der Waals surface area contributed by atoms with Crippen LogP contribution in [0.15, 0.2) is 24.3 Å². The van der Waals surface area contributed by atoms with Gasteiger partial charge in [-0.15, -0.1) is 0 Å². The Bertz CT molecular complexity index is 382. The van der Waals surface area contributed by atoms with Crippen molar-refractivity contribution in [1.29, 1.82) is 0 Å². The monoisotopic (exact) mass is 276 g/mol. The average Bonchev–Trinajstić information content (AvgIpc) is 2.35. The number of nitrogens with one attached hydrogen (secondary N) is 1. The summed E-state index contributed by atoms with van der Waals surface area (Å²) in [6.45, 7) is 0.842. The fourth-order valence-corrected chi connectivity index (χ4v) is 1.84. The van der Waals surface area contributed by atoms with Crippen LogP contribution in [0.2, 0.25) is 0 Å². The zero-order valence-corrected chi connectivity index (χ0v) is 10.8.